The standard InChI is InChI=1S/C11H12O3.C9H19NO2.C9H18O3.C8H20NO.C8H12O4.C7H17NO.C7H14O2.CH4/c1-7(2)13-11-9-6-4-3-5-8(9)10(12)14-11;1-9(2)12-8-5-10-3-6-11-7-4-10;1-7(2)10-5-8-6-11-9(3,4)12-8;1-8(2)10-7-6-9(3,4)5;1-5(2)10-4-7-6(3)11-8(9)12-7;1-7(2)9-6-5-8(3)4;1-6(2)9-7-3-4-8-5-7;/h3-7,11H,1-2H3;9H,3-8H2,1-2H3;7-8H,5-6H2,1-4H3;8H,6-7H2,1-5H3;5H,4H2,1-3H3;7H,5-6H2,1-4H3;6-7H,3-5H2,1-2H3;1H4/q;;;+1;;;;. The number of esters is 1. The highest BCUT2D eigenvalue weighted by atomic mass is 16.7. The number of ether oxygens (including phenoxy) is 12. The molecular formula is C60H116N3O16+. The minimum Gasteiger partial charge on any atom is -0.428 e. The second kappa shape index (κ2) is 43.8. The van der Waals surface area contributed by atoms with Gasteiger partial charge in [0.25, 0.3) is 0 Å². The summed E-state index contributed by atoms with van der Waals surface area (Å²) in [6.45, 7) is 46.4. The van der Waals surface area contributed by atoms with Crippen LogP contribution in [-0.4, -0.2) is 208 Å². The van der Waals surface area contributed by atoms with Crippen LogP contribution in [0.3, 0.4) is 0 Å². The molecule has 0 radical (unpaired) electrons. The Bertz CT molecular complexity index is 1810. The molecule has 0 amide bonds. The molecule has 4 aliphatic heterocycles. The highest BCUT2D eigenvalue weighted by Crippen LogP contribution is 2.32. The van der Waals surface area contributed by atoms with Crippen molar-refractivity contribution in [3.8, 4) is 0 Å². The maximum absolute atomic E-state index is 11.4. The number of likely N-dealkylation sites (N-methyl/N-ethyl adjacent to an activating group) is 2. The van der Waals surface area contributed by atoms with Crippen LogP contribution >= 0.6 is 0 Å². The Balaban J connectivity index is 0. The summed E-state index contributed by atoms with van der Waals surface area (Å²) in [5.74, 6) is -0.444. The van der Waals surface area contributed by atoms with Crippen molar-refractivity contribution >= 4 is 5.97 Å². The Morgan fingerprint density at radius 3 is 1.71 bits per heavy atom. The van der Waals surface area contributed by atoms with Crippen molar-refractivity contribution in [2.24, 2.45) is 0 Å². The monoisotopic (exact) mass is 1130 g/mol. The molecular weight excluding hydrogens is 1020 g/mol. The quantitative estimate of drug-likeness (QED) is 0.0803. The fraction of sp³-hybridized carbons (Fsp3) is 0.833. The third-order valence-corrected chi connectivity index (χ3v) is 10.6. The van der Waals surface area contributed by atoms with Crippen LogP contribution in [0.1, 0.15) is 158 Å². The molecule has 0 spiro atoms. The molecule has 0 aliphatic carbocycles. The fourth-order valence-corrected chi connectivity index (χ4v) is 6.64. The number of benzene rings is 1. The lowest BCUT2D eigenvalue weighted by Gasteiger charge is -2.26. The zero-order valence-corrected chi connectivity index (χ0v) is 52.8. The van der Waals surface area contributed by atoms with E-state index in [1.54, 1.807) is 13.0 Å². The van der Waals surface area contributed by atoms with Gasteiger partial charge in [-0.25, -0.2) is 9.59 Å². The van der Waals surface area contributed by atoms with Gasteiger partial charge in [-0.05, 0) is 144 Å². The van der Waals surface area contributed by atoms with Crippen LogP contribution in [0.5, 0.6) is 0 Å². The number of carbonyl (C=O) groups is 1. The molecule has 6 rings (SSSR count). The van der Waals surface area contributed by atoms with Crippen LogP contribution in [0.15, 0.2) is 37.9 Å². The van der Waals surface area contributed by atoms with Crippen molar-refractivity contribution < 1.29 is 75.0 Å². The summed E-state index contributed by atoms with van der Waals surface area (Å²) in [4.78, 5) is 26.4. The Kier molecular flexibility index (Phi) is 43.3. The second-order valence-electron chi connectivity index (χ2n) is 22.8. The average molecular weight is 1140 g/mol. The number of hydrogen-bond acceptors (Lipinski definition) is 18. The van der Waals surface area contributed by atoms with Gasteiger partial charge in [0.15, 0.2) is 11.5 Å². The van der Waals surface area contributed by atoms with E-state index in [0.29, 0.717) is 60.8 Å². The van der Waals surface area contributed by atoms with Crippen molar-refractivity contribution in [3.05, 3.63) is 57.5 Å². The summed E-state index contributed by atoms with van der Waals surface area (Å²) >= 11 is 0. The normalized spacial score (nSPS) is 18.6. The molecule has 1 aromatic carbocycles. The molecule has 3 fully saturated rings. The van der Waals surface area contributed by atoms with E-state index in [4.69, 9.17) is 61.3 Å². The largest absolute Gasteiger partial charge is 0.519 e. The lowest BCUT2D eigenvalue weighted by Crippen LogP contribution is -2.38. The number of hydrogen-bond donors (Lipinski definition) is 0. The van der Waals surface area contributed by atoms with Gasteiger partial charge in [0.2, 0.25) is 6.29 Å². The van der Waals surface area contributed by atoms with Gasteiger partial charge in [-0.1, -0.05) is 25.6 Å². The maximum Gasteiger partial charge on any atom is 0.519 e. The molecule has 19 heteroatoms. The second-order valence-corrected chi connectivity index (χ2v) is 22.8. The number of cyclic esters (lactones) is 1. The van der Waals surface area contributed by atoms with Crippen LogP contribution in [0, 0.1) is 6.92 Å². The smallest absolute Gasteiger partial charge is 0.428 e. The number of fused-ring (bicyclic) bond motifs is 1. The molecule has 4 aliphatic rings. The van der Waals surface area contributed by atoms with E-state index in [2.05, 4.69) is 90.7 Å². The Hall–Kier alpha value is -2.86. The first kappa shape index (κ1) is 78.2. The van der Waals surface area contributed by atoms with E-state index in [1.807, 2.05) is 87.7 Å². The maximum atomic E-state index is 11.4. The highest BCUT2D eigenvalue weighted by Gasteiger charge is 2.33. The van der Waals surface area contributed by atoms with Crippen LogP contribution in [0.4, 0.5) is 0 Å². The molecule has 79 heavy (non-hydrogen) atoms. The van der Waals surface area contributed by atoms with Gasteiger partial charge in [-0.2, -0.15) is 0 Å². The number of aryl methyl sites for hydroxylation is 1. The highest BCUT2D eigenvalue weighted by molar-refractivity contribution is 5.93. The van der Waals surface area contributed by atoms with Gasteiger partial charge in [0, 0.05) is 38.3 Å². The fourth-order valence-electron chi connectivity index (χ4n) is 6.64. The summed E-state index contributed by atoms with van der Waals surface area (Å²) in [6.07, 6.45) is 2.85. The molecule has 3 unspecified atom stereocenters. The summed E-state index contributed by atoms with van der Waals surface area (Å²) in [6, 6.07) is 7.30. The summed E-state index contributed by atoms with van der Waals surface area (Å²) in [7, 11) is 10.6. The van der Waals surface area contributed by atoms with Gasteiger partial charge in [-0.15, -0.1) is 0 Å². The predicted molar refractivity (Wildman–Crippen MR) is 313 cm³/mol. The van der Waals surface area contributed by atoms with Crippen LogP contribution in [-0.2, 0) is 63.4 Å². The van der Waals surface area contributed by atoms with Gasteiger partial charge in [0.05, 0.1) is 128 Å². The van der Waals surface area contributed by atoms with E-state index in [1.165, 1.54) is 0 Å². The molecule has 19 nitrogen and oxygen atoms in total. The lowest BCUT2D eigenvalue weighted by molar-refractivity contribution is -0.870. The first-order chi connectivity index (χ1) is 36.4. The minimum atomic E-state index is -0.671. The molecule has 2 aromatic rings. The van der Waals surface area contributed by atoms with Crippen LogP contribution in [0.2, 0.25) is 0 Å². The number of morpholine rings is 1. The van der Waals surface area contributed by atoms with Crippen molar-refractivity contribution in [2.45, 2.75) is 205 Å². The first-order valence-electron chi connectivity index (χ1n) is 28.3. The van der Waals surface area contributed by atoms with Gasteiger partial charge in [0.1, 0.15) is 25.0 Å². The molecule has 0 bridgehead atoms. The molecule has 5 heterocycles. The van der Waals surface area contributed by atoms with Gasteiger partial charge in [-0.3, -0.25) is 4.90 Å². The lowest BCUT2D eigenvalue weighted by atomic mass is 10.1. The zero-order valence-electron chi connectivity index (χ0n) is 52.8. The van der Waals surface area contributed by atoms with Crippen LogP contribution < -0.4 is 5.82 Å². The molecule has 466 valence electrons. The predicted octanol–water partition coefficient (Wildman–Crippen LogP) is 9.98. The summed E-state index contributed by atoms with van der Waals surface area (Å²) in [5.41, 5.74) is 1.43. The topological polar surface area (TPSA) is 178 Å². The molecule has 0 saturated carbocycles. The SMILES string of the molecule is C.CC(C)OC1CCOC1.CC(C)OC1OC(=O)c2ccccc21.CC(C)OCC1COC(C)(C)O1.CC(C)OCCN(C)C.CC(C)OCCN1CCOCC1.CC(C)OCC[N+](C)(C)C.Cc1oc(=O)oc1COC(C)C. The van der Waals surface area contributed by atoms with Crippen molar-refractivity contribution in [1.29, 1.82) is 0 Å². The summed E-state index contributed by atoms with van der Waals surface area (Å²) in [5, 5.41) is 0. The van der Waals surface area contributed by atoms with E-state index >= 15 is 0 Å². The molecule has 0 N–H and O–H groups in total. The average Bonchev–Trinajstić information content (AvgIpc) is 4.12. The first-order valence-corrected chi connectivity index (χ1v) is 28.3. The Labute approximate surface area is 479 Å². The number of rotatable bonds is 22. The third-order valence-electron chi connectivity index (χ3n) is 10.6. The number of carbonyl (C=O) groups excluding carboxylic acids is 1. The Morgan fingerprint density at radius 2 is 1.24 bits per heavy atom. The van der Waals surface area contributed by atoms with Gasteiger partial charge < -0.3 is 75.1 Å². The number of nitrogens with zero attached hydrogens (tertiary/aromatic N) is 3. The summed E-state index contributed by atoms with van der Waals surface area (Å²) < 4.78 is 74.5. The molecule has 1 aromatic heterocycles. The van der Waals surface area contributed by atoms with Crippen molar-refractivity contribution in [1.82, 2.24) is 9.80 Å². The van der Waals surface area contributed by atoms with Gasteiger partial charge >= 0.3 is 11.8 Å². The van der Waals surface area contributed by atoms with Crippen molar-refractivity contribution in [3.63, 3.8) is 0 Å². The molecule has 3 saturated heterocycles. The minimum absolute atomic E-state index is 0. The van der Waals surface area contributed by atoms with Crippen LogP contribution in [0.25, 0.3) is 0 Å². The van der Waals surface area contributed by atoms with E-state index < -0.39 is 17.9 Å². The van der Waals surface area contributed by atoms with Crippen molar-refractivity contribution in [2.75, 3.05) is 127 Å². The van der Waals surface area contributed by atoms with E-state index in [-0.39, 0.29) is 44.4 Å². The van der Waals surface area contributed by atoms with E-state index in [0.717, 1.165) is 95.4 Å². The Morgan fingerprint density at radius 1 is 0.684 bits per heavy atom. The third kappa shape index (κ3) is 44.4. The zero-order chi connectivity index (χ0) is 59.4. The number of quaternary nitrogens is 1. The van der Waals surface area contributed by atoms with E-state index in [9.17, 15) is 9.59 Å². The molecule has 3 atom stereocenters.